The minimum absolute atomic E-state index is 0.0447. The second-order valence-electron chi connectivity index (χ2n) is 5.37. The van der Waals surface area contributed by atoms with Gasteiger partial charge < -0.3 is 15.2 Å². The zero-order valence-electron chi connectivity index (χ0n) is 11.5. The summed E-state index contributed by atoms with van der Waals surface area (Å²) in [5, 5.41) is 12.3. The van der Waals surface area contributed by atoms with Crippen LogP contribution in [0.15, 0.2) is 24.3 Å². The summed E-state index contributed by atoms with van der Waals surface area (Å²) in [6, 6.07) is 7.28. The molecule has 1 aromatic rings. The fourth-order valence-corrected chi connectivity index (χ4v) is 2.44. The molecule has 2 atom stereocenters. The van der Waals surface area contributed by atoms with E-state index in [1.54, 1.807) is 12.1 Å². The summed E-state index contributed by atoms with van der Waals surface area (Å²) in [5.74, 6) is -0.892. The molecule has 4 heteroatoms. The summed E-state index contributed by atoms with van der Waals surface area (Å²) in [5.41, 5.74) is 1.24. The van der Waals surface area contributed by atoms with Crippen LogP contribution in [0, 0.1) is 0 Å². The highest BCUT2D eigenvalue weighted by Gasteiger charge is 2.31. The number of nitrogens with one attached hydrogen (secondary N) is 1. The highest BCUT2D eigenvalue weighted by molar-refractivity contribution is 5.87. The first-order chi connectivity index (χ1) is 9.02. The number of aromatic carboxylic acids is 1. The maximum atomic E-state index is 10.8. The van der Waals surface area contributed by atoms with E-state index in [9.17, 15) is 4.79 Å². The van der Waals surface area contributed by atoms with Crippen LogP contribution >= 0.6 is 0 Å². The quantitative estimate of drug-likeness (QED) is 0.876. The predicted octanol–water partition coefficient (Wildman–Crippen LogP) is 3.14. The van der Waals surface area contributed by atoms with Gasteiger partial charge in [0, 0.05) is 18.3 Å². The average Bonchev–Trinajstić information content (AvgIpc) is 2.39. The van der Waals surface area contributed by atoms with E-state index in [0.29, 0.717) is 11.6 Å². The summed E-state index contributed by atoms with van der Waals surface area (Å²) < 4.78 is 5.82. The van der Waals surface area contributed by atoms with Crippen LogP contribution in [-0.2, 0) is 4.74 Å². The number of carboxylic acids is 1. The third-order valence-electron chi connectivity index (χ3n) is 3.85. The fraction of sp³-hybridized carbons (Fsp3) is 0.533. The topological polar surface area (TPSA) is 58.6 Å². The van der Waals surface area contributed by atoms with Gasteiger partial charge in [0.05, 0.1) is 11.2 Å². The van der Waals surface area contributed by atoms with Crippen molar-refractivity contribution in [2.75, 3.05) is 11.9 Å². The largest absolute Gasteiger partial charge is 0.478 e. The van der Waals surface area contributed by atoms with Gasteiger partial charge in [-0.2, -0.15) is 0 Å². The molecule has 0 spiro atoms. The van der Waals surface area contributed by atoms with Gasteiger partial charge in [0.25, 0.3) is 0 Å². The molecular formula is C15H21NO3. The number of rotatable bonds is 4. The normalized spacial score (nSPS) is 26.9. The molecule has 1 aliphatic heterocycles. The Kier molecular flexibility index (Phi) is 4.10. The molecule has 1 saturated heterocycles. The molecule has 1 heterocycles. The number of anilines is 1. The molecule has 19 heavy (non-hydrogen) atoms. The summed E-state index contributed by atoms with van der Waals surface area (Å²) in [4.78, 5) is 10.8. The van der Waals surface area contributed by atoms with Crippen molar-refractivity contribution >= 4 is 11.7 Å². The van der Waals surface area contributed by atoms with Gasteiger partial charge >= 0.3 is 5.97 Å². The number of benzene rings is 1. The van der Waals surface area contributed by atoms with Crippen molar-refractivity contribution in [2.24, 2.45) is 0 Å². The number of ether oxygens (including phenoxy) is 1. The molecule has 0 saturated carbocycles. The number of hydrogen-bond acceptors (Lipinski definition) is 3. The Morgan fingerprint density at radius 1 is 1.47 bits per heavy atom. The van der Waals surface area contributed by atoms with Crippen LogP contribution in [0.25, 0.3) is 0 Å². The molecule has 0 aliphatic carbocycles. The van der Waals surface area contributed by atoms with E-state index >= 15 is 0 Å². The summed E-state index contributed by atoms with van der Waals surface area (Å²) in [6.45, 7) is 5.06. The second kappa shape index (κ2) is 5.61. The van der Waals surface area contributed by atoms with Crippen molar-refractivity contribution in [3.8, 4) is 0 Å². The van der Waals surface area contributed by atoms with Crippen LogP contribution < -0.4 is 5.32 Å². The van der Waals surface area contributed by atoms with Crippen LogP contribution in [0.1, 0.15) is 43.5 Å². The first kappa shape index (κ1) is 13.9. The van der Waals surface area contributed by atoms with Crippen molar-refractivity contribution in [3.05, 3.63) is 29.8 Å². The lowest BCUT2D eigenvalue weighted by atomic mass is 9.90. The van der Waals surface area contributed by atoms with Crippen molar-refractivity contribution in [1.29, 1.82) is 0 Å². The van der Waals surface area contributed by atoms with E-state index in [4.69, 9.17) is 9.84 Å². The molecule has 0 bridgehead atoms. The molecule has 0 radical (unpaired) electrons. The number of hydrogen-bond donors (Lipinski definition) is 2. The zero-order valence-corrected chi connectivity index (χ0v) is 11.5. The van der Waals surface area contributed by atoms with E-state index in [-0.39, 0.29) is 5.60 Å². The second-order valence-corrected chi connectivity index (χ2v) is 5.37. The fourth-order valence-electron chi connectivity index (χ4n) is 2.44. The molecule has 2 N–H and O–H groups in total. The Labute approximate surface area is 113 Å². The molecule has 0 aromatic heterocycles. The van der Waals surface area contributed by atoms with Crippen LogP contribution in [0.5, 0.6) is 0 Å². The van der Waals surface area contributed by atoms with Crippen molar-refractivity contribution in [2.45, 2.75) is 44.8 Å². The van der Waals surface area contributed by atoms with Gasteiger partial charge in [-0.3, -0.25) is 0 Å². The SMILES string of the molecule is CCC1(C)CC(Nc2ccc(C(=O)O)cc2)CCO1. The van der Waals surface area contributed by atoms with E-state index in [1.807, 2.05) is 12.1 Å². The highest BCUT2D eigenvalue weighted by Crippen LogP contribution is 2.29. The Morgan fingerprint density at radius 2 is 2.16 bits per heavy atom. The maximum Gasteiger partial charge on any atom is 0.335 e. The van der Waals surface area contributed by atoms with Gasteiger partial charge in [0.2, 0.25) is 0 Å². The summed E-state index contributed by atoms with van der Waals surface area (Å²) in [7, 11) is 0. The third-order valence-corrected chi connectivity index (χ3v) is 3.85. The lowest BCUT2D eigenvalue weighted by molar-refractivity contribution is -0.0708. The smallest absolute Gasteiger partial charge is 0.335 e. The first-order valence-corrected chi connectivity index (χ1v) is 6.76. The Hall–Kier alpha value is -1.55. The number of carboxylic acid groups (broad SMARTS) is 1. The Bertz CT molecular complexity index is 443. The van der Waals surface area contributed by atoms with E-state index in [2.05, 4.69) is 19.2 Å². The van der Waals surface area contributed by atoms with Crippen LogP contribution in [-0.4, -0.2) is 29.3 Å². The van der Waals surface area contributed by atoms with E-state index in [1.165, 1.54) is 0 Å². The lowest BCUT2D eigenvalue weighted by Gasteiger charge is -2.38. The van der Waals surface area contributed by atoms with Gasteiger partial charge in [-0.15, -0.1) is 0 Å². The van der Waals surface area contributed by atoms with Crippen molar-refractivity contribution < 1.29 is 14.6 Å². The molecule has 1 aliphatic rings. The predicted molar refractivity (Wildman–Crippen MR) is 74.7 cm³/mol. The molecule has 1 aromatic carbocycles. The molecule has 0 amide bonds. The van der Waals surface area contributed by atoms with Gasteiger partial charge in [0.15, 0.2) is 0 Å². The van der Waals surface area contributed by atoms with E-state index in [0.717, 1.165) is 31.6 Å². The summed E-state index contributed by atoms with van der Waals surface area (Å²) in [6.07, 6.45) is 2.96. The molecule has 104 valence electrons. The number of carbonyl (C=O) groups is 1. The molecule has 1 fully saturated rings. The van der Waals surface area contributed by atoms with Gasteiger partial charge in [-0.1, -0.05) is 6.92 Å². The first-order valence-electron chi connectivity index (χ1n) is 6.76. The van der Waals surface area contributed by atoms with Gasteiger partial charge in [-0.05, 0) is 50.5 Å². The molecule has 4 nitrogen and oxygen atoms in total. The Balaban J connectivity index is 1.99. The lowest BCUT2D eigenvalue weighted by Crippen LogP contribution is -2.41. The third kappa shape index (κ3) is 3.47. The highest BCUT2D eigenvalue weighted by atomic mass is 16.5. The summed E-state index contributed by atoms with van der Waals surface area (Å²) >= 11 is 0. The van der Waals surface area contributed by atoms with Gasteiger partial charge in [-0.25, -0.2) is 4.79 Å². The van der Waals surface area contributed by atoms with Crippen molar-refractivity contribution in [1.82, 2.24) is 0 Å². The van der Waals surface area contributed by atoms with E-state index < -0.39 is 5.97 Å². The van der Waals surface area contributed by atoms with Crippen LogP contribution in [0.2, 0.25) is 0 Å². The molecule has 2 rings (SSSR count). The molecular weight excluding hydrogens is 242 g/mol. The van der Waals surface area contributed by atoms with Crippen LogP contribution in [0.3, 0.4) is 0 Å². The minimum atomic E-state index is -0.892. The Morgan fingerprint density at radius 3 is 2.74 bits per heavy atom. The average molecular weight is 263 g/mol. The van der Waals surface area contributed by atoms with Crippen LogP contribution in [0.4, 0.5) is 5.69 Å². The standard InChI is InChI=1S/C15H21NO3/c1-3-15(2)10-13(8-9-19-15)16-12-6-4-11(5-7-12)14(17)18/h4-7,13,16H,3,8-10H2,1-2H3,(H,17,18). The minimum Gasteiger partial charge on any atom is -0.478 e. The molecule has 2 unspecified atom stereocenters. The van der Waals surface area contributed by atoms with Gasteiger partial charge in [0.1, 0.15) is 0 Å². The maximum absolute atomic E-state index is 10.8. The zero-order chi connectivity index (χ0) is 13.9. The monoisotopic (exact) mass is 263 g/mol. The van der Waals surface area contributed by atoms with Crippen molar-refractivity contribution in [3.63, 3.8) is 0 Å².